The zero-order valence-electron chi connectivity index (χ0n) is 7.38. The second-order valence-corrected chi connectivity index (χ2v) is 4.18. The molecule has 0 aromatic rings. The van der Waals surface area contributed by atoms with E-state index in [0.29, 0.717) is 0 Å². The number of unbranched alkanes of at least 4 members (excludes halogenated alkanes) is 1. The number of hydrogen-bond acceptors (Lipinski definition) is 2. The Morgan fingerprint density at radius 2 is 1.82 bits per heavy atom. The van der Waals surface area contributed by atoms with Crippen LogP contribution in [0.1, 0.15) is 33.1 Å². The summed E-state index contributed by atoms with van der Waals surface area (Å²) in [6.07, 6.45) is 4.26. The maximum absolute atomic E-state index is 8.35. The standard InChI is InChI=1S/C4H9.C3H7.Al.HO2P/c1-3-4-2;1-3-2;;1-3-2/h1,3-4H2,2H3;1,3H2,2H3;;(H,1,2)/q;;+1;/p-1. The van der Waals surface area contributed by atoms with Crippen LogP contribution in [-0.4, -0.2) is 15.2 Å². The molecule has 11 heavy (non-hydrogen) atoms. The van der Waals surface area contributed by atoms with Crippen LogP contribution in [0.3, 0.4) is 0 Å². The molecule has 64 valence electrons. The van der Waals surface area contributed by atoms with E-state index in [1.807, 2.05) is 0 Å². The Labute approximate surface area is 77.4 Å². The van der Waals surface area contributed by atoms with Gasteiger partial charge in [0.05, 0.1) is 8.69 Å². The van der Waals surface area contributed by atoms with Gasteiger partial charge in [-0.2, -0.15) is 0 Å². The average molecular weight is 190 g/mol. The van der Waals surface area contributed by atoms with Gasteiger partial charge in [-0.3, -0.25) is 4.57 Å². The third-order valence-corrected chi connectivity index (χ3v) is 3.06. The summed E-state index contributed by atoms with van der Waals surface area (Å²) < 4.78 is 8.35. The van der Waals surface area contributed by atoms with Crippen LogP contribution in [0.4, 0.5) is 0 Å². The van der Waals surface area contributed by atoms with Gasteiger partial charge in [-0.25, -0.2) is 0 Å². The molecule has 0 unspecified atom stereocenters. The Morgan fingerprint density at radius 1 is 1.27 bits per heavy atom. The van der Waals surface area contributed by atoms with Gasteiger partial charge < -0.3 is 4.89 Å². The van der Waals surface area contributed by atoms with Gasteiger partial charge in [0.1, 0.15) is 0 Å². The molecule has 0 saturated heterocycles. The van der Waals surface area contributed by atoms with Gasteiger partial charge in [0, 0.05) is 0 Å². The van der Waals surface area contributed by atoms with E-state index in [4.69, 9.17) is 9.46 Å². The topological polar surface area (TPSA) is 40.1 Å². The van der Waals surface area contributed by atoms with Gasteiger partial charge in [0.25, 0.3) is 0 Å². The minimum absolute atomic E-state index is 0.820. The quantitative estimate of drug-likeness (QED) is 0.379. The molecule has 0 radical (unpaired) electrons. The second kappa shape index (κ2) is 16.9. The van der Waals surface area contributed by atoms with Crippen LogP contribution in [0.25, 0.3) is 0 Å². The second-order valence-electron chi connectivity index (χ2n) is 2.29. The molecular weight excluding hydrogens is 174 g/mol. The third-order valence-electron chi connectivity index (χ3n) is 1.25. The molecule has 0 aromatic heterocycles. The molecule has 0 aliphatic heterocycles. The number of hydrogen-bond donors (Lipinski definition) is 0. The first-order chi connectivity index (χ1) is 5.33. The van der Waals surface area contributed by atoms with Gasteiger partial charge in [0.15, 0.2) is 0 Å². The van der Waals surface area contributed by atoms with E-state index in [1.165, 1.54) is 29.8 Å². The van der Waals surface area contributed by atoms with E-state index in [2.05, 4.69) is 13.8 Å². The van der Waals surface area contributed by atoms with E-state index < -0.39 is 8.69 Å². The summed E-state index contributed by atoms with van der Waals surface area (Å²) in [5.74, 6) is 0. The van der Waals surface area contributed by atoms with Crippen molar-refractivity contribution in [1.29, 1.82) is 0 Å². The van der Waals surface area contributed by atoms with Gasteiger partial charge in [0.2, 0.25) is 0 Å². The first-order valence-electron chi connectivity index (χ1n) is 4.10. The number of rotatable bonds is 5. The van der Waals surface area contributed by atoms with E-state index in [9.17, 15) is 0 Å². The first-order valence-corrected chi connectivity index (χ1v) is 6.46. The van der Waals surface area contributed by atoms with Crippen LogP contribution in [0.15, 0.2) is 0 Å². The Balaban J connectivity index is 0. The van der Waals surface area contributed by atoms with Crippen molar-refractivity contribution in [2.45, 2.75) is 43.7 Å². The van der Waals surface area contributed by atoms with Gasteiger partial charge in [-0.1, -0.05) is 0 Å². The first kappa shape index (κ1) is 14.1. The molecule has 0 aliphatic rings. The molecule has 2 nitrogen and oxygen atoms in total. The van der Waals surface area contributed by atoms with E-state index in [1.54, 1.807) is 0 Å². The fourth-order valence-corrected chi connectivity index (χ4v) is 2.09. The molecule has 0 aromatic carbocycles. The Kier molecular flexibility index (Phi) is 21.7. The smallest absolute Gasteiger partial charge is 0.0642 e. The molecule has 0 amide bonds. The molecule has 0 aliphatic carbocycles. The van der Waals surface area contributed by atoms with Gasteiger partial charge in [-0.05, 0) is 0 Å². The predicted octanol–water partition coefficient (Wildman–Crippen LogP) is 2.29. The minimum atomic E-state index is -1.08. The molecular formula is C7H16AlO2P. The normalized spacial score (nSPS) is 8.27. The van der Waals surface area contributed by atoms with Crippen LogP contribution in [0.2, 0.25) is 10.6 Å². The van der Waals surface area contributed by atoms with Gasteiger partial charge >= 0.3 is 58.9 Å². The van der Waals surface area contributed by atoms with Crippen molar-refractivity contribution in [3.8, 4) is 0 Å². The third kappa shape index (κ3) is 25.0. The molecule has 0 N–H and O–H groups in total. The zero-order valence-corrected chi connectivity index (χ0v) is 9.43. The Hall–Kier alpha value is 0.592. The van der Waals surface area contributed by atoms with Crippen molar-refractivity contribution < 1.29 is 9.46 Å². The summed E-state index contributed by atoms with van der Waals surface area (Å²) in [4.78, 5) is 8.35. The summed E-state index contributed by atoms with van der Waals surface area (Å²) in [5.41, 5.74) is 0. The summed E-state index contributed by atoms with van der Waals surface area (Å²) in [7, 11) is -1.08. The van der Waals surface area contributed by atoms with E-state index in [-0.39, 0.29) is 0 Å². The molecule has 0 heterocycles. The molecule has 0 saturated carbocycles. The molecule has 0 bridgehead atoms. The fourth-order valence-electron chi connectivity index (χ4n) is 0.697. The predicted molar refractivity (Wildman–Crippen MR) is 48.2 cm³/mol. The van der Waals surface area contributed by atoms with E-state index in [0.717, 1.165) is 15.2 Å². The summed E-state index contributed by atoms with van der Waals surface area (Å²) >= 11 is 0.820. The van der Waals surface area contributed by atoms with Crippen molar-refractivity contribution >= 4 is 23.9 Å². The minimum Gasteiger partial charge on any atom is -0.772 e. The van der Waals surface area contributed by atoms with E-state index >= 15 is 0 Å². The van der Waals surface area contributed by atoms with Crippen LogP contribution in [0.5, 0.6) is 0 Å². The van der Waals surface area contributed by atoms with Crippen molar-refractivity contribution in [1.82, 2.24) is 0 Å². The molecule has 0 rings (SSSR count). The Morgan fingerprint density at radius 3 is 2.18 bits per heavy atom. The van der Waals surface area contributed by atoms with Crippen molar-refractivity contribution in [3.63, 3.8) is 0 Å². The van der Waals surface area contributed by atoms with Crippen LogP contribution in [0, 0.1) is 0 Å². The summed E-state index contributed by atoms with van der Waals surface area (Å²) in [5, 5.41) is 3.05. The van der Waals surface area contributed by atoms with Crippen molar-refractivity contribution in [3.05, 3.63) is 0 Å². The largest absolute Gasteiger partial charge is 0.772 e. The van der Waals surface area contributed by atoms with Crippen LogP contribution >= 0.6 is 8.69 Å². The maximum Gasteiger partial charge on any atom is 0.0642 e. The fraction of sp³-hybridized carbons (Fsp3) is 1.00. The average Bonchev–Trinajstić information content (AvgIpc) is 2.00. The molecule has 0 spiro atoms. The summed E-state index contributed by atoms with van der Waals surface area (Å²) in [6, 6.07) is 0. The van der Waals surface area contributed by atoms with Crippen LogP contribution in [-0.2, 0) is 4.57 Å². The van der Waals surface area contributed by atoms with Crippen LogP contribution < -0.4 is 4.89 Å². The molecule has 0 atom stereocenters. The zero-order chi connectivity index (χ0) is 8.95. The van der Waals surface area contributed by atoms with Gasteiger partial charge in [-0.15, -0.1) is 0 Å². The van der Waals surface area contributed by atoms with Crippen molar-refractivity contribution in [2.24, 2.45) is 0 Å². The molecule has 4 heteroatoms. The SMILES string of the molecule is CCC[CH2][Al+][CH2]CC.O=P[O-]. The summed E-state index contributed by atoms with van der Waals surface area (Å²) in [6.45, 7) is 4.55. The monoisotopic (exact) mass is 190 g/mol. The van der Waals surface area contributed by atoms with Crippen molar-refractivity contribution in [2.75, 3.05) is 0 Å². The maximum atomic E-state index is 8.35. The molecule has 0 fully saturated rings. The Bertz CT molecular complexity index is 65.5.